The van der Waals surface area contributed by atoms with Crippen LogP contribution < -0.4 is 5.32 Å². The van der Waals surface area contributed by atoms with E-state index in [2.05, 4.69) is 5.32 Å². The first-order valence-corrected chi connectivity index (χ1v) is 5.30. The van der Waals surface area contributed by atoms with Crippen molar-refractivity contribution in [3.05, 3.63) is 0 Å². The van der Waals surface area contributed by atoms with E-state index in [9.17, 15) is 14.4 Å². The Kier molecular flexibility index (Phi) is 6.56. The summed E-state index contributed by atoms with van der Waals surface area (Å²) in [6, 6.07) is -0.474. The maximum Gasteiger partial charge on any atom is 0.303 e. The number of carboxylic acid groups (broad SMARTS) is 1. The first kappa shape index (κ1) is 14.8. The van der Waals surface area contributed by atoms with Crippen LogP contribution in [0.1, 0.15) is 33.1 Å². The molecule has 0 spiro atoms. The zero-order valence-corrected chi connectivity index (χ0v) is 9.95. The number of likely N-dealkylation sites (N-methyl/N-ethyl adjacent to an activating group) is 1. The molecule has 2 atom stereocenters. The monoisotopic (exact) mass is 229 g/mol. The van der Waals surface area contributed by atoms with Gasteiger partial charge >= 0.3 is 5.97 Å². The van der Waals surface area contributed by atoms with Gasteiger partial charge in [-0.1, -0.05) is 6.92 Å². The first-order chi connectivity index (χ1) is 7.38. The smallest absolute Gasteiger partial charge is 0.303 e. The minimum absolute atomic E-state index is 0.0264. The SMILES string of the molecule is CN[C@H](CCC(=O)O)C(=O)C[C@@H](C)C(C)=O. The zero-order chi connectivity index (χ0) is 12.7. The Morgan fingerprint density at radius 2 is 1.88 bits per heavy atom. The van der Waals surface area contributed by atoms with Gasteiger partial charge in [0.15, 0.2) is 0 Å². The van der Waals surface area contributed by atoms with E-state index in [0.717, 1.165) is 0 Å². The van der Waals surface area contributed by atoms with Crippen LogP contribution in [-0.4, -0.2) is 35.7 Å². The number of aliphatic carboxylic acids is 1. The highest BCUT2D eigenvalue weighted by atomic mass is 16.4. The van der Waals surface area contributed by atoms with Crippen molar-refractivity contribution in [1.29, 1.82) is 0 Å². The van der Waals surface area contributed by atoms with Gasteiger partial charge < -0.3 is 10.4 Å². The number of rotatable bonds is 8. The molecule has 16 heavy (non-hydrogen) atoms. The van der Waals surface area contributed by atoms with Gasteiger partial charge in [0.05, 0.1) is 6.04 Å². The van der Waals surface area contributed by atoms with E-state index < -0.39 is 12.0 Å². The summed E-state index contributed by atoms with van der Waals surface area (Å²) in [5.41, 5.74) is 0. The lowest BCUT2D eigenvalue weighted by atomic mass is 9.95. The fourth-order valence-corrected chi connectivity index (χ4v) is 1.32. The zero-order valence-electron chi connectivity index (χ0n) is 9.95. The van der Waals surface area contributed by atoms with Gasteiger partial charge in [-0.05, 0) is 20.4 Å². The van der Waals surface area contributed by atoms with Crippen molar-refractivity contribution >= 4 is 17.5 Å². The van der Waals surface area contributed by atoms with Crippen molar-refractivity contribution in [2.24, 2.45) is 5.92 Å². The number of ketones is 2. The number of carbonyl (C=O) groups is 3. The molecule has 0 saturated carbocycles. The van der Waals surface area contributed by atoms with Gasteiger partial charge in [-0.2, -0.15) is 0 Å². The lowest BCUT2D eigenvalue weighted by molar-refractivity contribution is -0.137. The van der Waals surface area contributed by atoms with Gasteiger partial charge in [0.25, 0.3) is 0 Å². The third-order valence-corrected chi connectivity index (χ3v) is 2.59. The Balaban J connectivity index is 4.20. The van der Waals surface area contributed by atoms with E-state index in [0.29, 0.717) is 0 Å². The molecule has 0 heterocycles. The molecule has 0 aromatic heterocycles. The van der Waals surface area contributed by atoms with Gasteiger partial charge in [-0.3, -0.25) is 14.4 Å². The summed E-state index contributed by atoms with van der Waals surface area (Å²) >= 11 is 0. The normalized spacial score (nSPS) is 14.2. The highest BCUT2D eigenvalue weighted by Gasteiger charge is 2.21. The van der Waals surface area contributed by atoms with E-state index >= 15 is 0 Å². The molecule has 0 saturated heterocycles. The van der Waals surface area contributed by atoms with E-state index in [1.165, 1.54) is 6.92 Å². The van der Waals surface area contributed by atoms with Crippen LogP contribution in [0.4, 0.5) is 0 Å². The maximum absolute atomic E-state index is 11.7. The molecule has 0 bridgehead atoms. The lowest BCUT2D eigenvalue weighted by Gasteiger charge is -2.15. The molecule has 0 rings (SSSR count). The van der Waals surface area contributed by atoms with E-state index in [-0.39, 0.29) is 36.7 Å². The third-order valence-electron chi connectivity index (χ3n) is 2.59. The molecule has 5 heteroatoms. The molecule has 0 fully saturated rings. The number of hydrogen-bond acceptors (Lipinski definition) is 4. The van der Waals surface area contributed by atoms with Gasteiger partial charge in [-0.15, -0.1) is 0 Å². The number of carbonyl (C=O) groups excluding carboxylic acids is 2. The highest BCUT2D eigenvalue weighted by molar-refractivity contribution is 5.89. The van der Waals surface area contributed by atoms with Crippen molar-refractivity contribution in [2.45, 2.75) is 39.2 Å². The molecule has 0 aliphatic rings. The molecule has 5 nitrogen and oxygen atoms in total. The molecule has 92 valence electrons. The van der Waals surface area contributed by atoms with E-state index in [1.807, 2.05) is 0 Å². The van der Waals surface area contributed by atoms with Crippen LogP contribution >= 0.6 is 0 Å². The molecule has 0 radical (unpaired) electrons. The second-order valence-corrected chi connectivity index (χ2v) is 3.96. The summed E-state index contributed by atoms with van der Waals surface area (Å²) in [6.07, 6.45) is 0.376. The molecule has 0 aliphatic heterocycles. The number of nitrogens with one attached hydrogen (secondary N) is 1. The van der Waals surface area contributed by atoms with Crippen molar-refractivity contribution in [2.75, 3.05) is 7.05 Å². The van der Waals surface area contributed by atoms with E-state index in [1.54, 1.807) is 14.0 Å². The molecule has 0 aliphatic carbocycles. The standard InChI is InChI=1S/C11H19NO4/c1-7(8(2)13)6-10(14)9(12-3)4-5-11(15)16/h7,9,12H,4-6H2,1-3H3,(H,15,16)/t7-,9-/m1/s1. The van der Waals surface area contributed by atoms with Crippen LogP contribution in [0.25, 0.3) is 0 Å². The van der Waals surface area contributed by atoms with Crippen molar-refractivity contribution in [3.63, 3.8) is 0 Å². The predicted octanol–water partition coefficient (Wildman–Crippen LogP) is 0.623. The van der Waals surface area contributed by atoms with Gasteiger partial charge in [0.1, 0.15) is 11.6 Å². The molecular formula is C11H19NO4. The van der Waals surface area contributed by atoms with Crippen LogP contribution in [0, 0.1) is 5.92 Å². The van der Waals surface area contributed by atoms with Crippen LogP contribution in [0.5, 0.6) is 0 Å². The fraction of sp³-hybridized carbons (Fsp3) is 0.727. The largest absolute Gasteiger partial charge is 0.481 e. The van der Waals surface area contributed by atoms with Gasteiger partial charge in [0.2, 0.25) is 0 Å². The van der Waals surface area contributed by atoms with Crippen LogP contribution in [-0.2, 0) is 14.4 Å². The Hall–Kier alpha value is -1.23. The van der Waals surface area contributed by atoms with Crippen molar-refractivity contribution in [3.8, 4) is 0 Å². The minimum Gasteiger partial charge on any atom is -0.481 e. The Morgan fingerprint density at radius 1 is 1.31 bits per heavy atom. The molecule has 2 N–H and O–H groups in total. The third kappa shape index (κ3) is 5.60. The molecule has 0 aromatic rings. The summed E-state index contributed by atoms with van der Waals surface area (Å²) in [6.45, 7) is 3.15. The Morgan fingerprint density at radius 3 is 2.25 bits per heavy atom. The van der Waals surface area contributed by atoms with Crippen molar-refractivity contribution in [1.82, 2.24) is 5.32 Å². The molecule has 0 amide bonds. The Labute approximate surface area is 95.2 Å². The topological polar surface area (TPSA) is 83.5 Å². The lowest BCUT2D eigenvalue weighted by Crippen LogP contribution is -2.36. The first-order valence-electron chi connectivity index (χ1n) is 5.30. The summed E-state index contributed by atoms with van der Waals surface area (Å²) in [5.74, 6) is -1.35. The molecular weight excluding hydrogens is 210 g/mol. The van der Waals surface area contributed by atoms with Gasteiger partial charge in [0, 0.05) is 18.8 Å². The van der Waals surface area contributed by atoms with Crippen LogP contribution in [0.3, 0.4) is 0 Å². The number of carboxylic acids is 1. The van der Waals surface area contributed by atoms with Crippen LogP contribution in [0.15, 0.2) is 0 Å². The summed E-state index contributed by atoms with van der Waals surface area (Å²) < 4.78 is 0. The fourth-order valence-electron chi connectivity index (χ4n) is 1.32. The number of Topliss-reactive ketones (excluding diaryl/α,β-unsaturated/α-hetero) is 2. The van der Waals surface area contributed by atoms with Gasteiger partial charge in [-0.25, -0.2) is 0 Å². The second-order valence-electron chi connectivity index (χ2n) is 3.96. The molecule has 0 unspecified atom stereocenters. The summed E-state index contributed by atoms with van der Waals surface area (Å²) in [4.78, 5) is 33.1. The average Bonchev–Trinajstić information content (AvgIpc) is 2.17. The molecule has 0 aromatic carbocycles. The van der Waals surface area contributed by atoms with Crippen LogP contribution in [0.2, 0.25) is 0 Å². The maximum atomic E-state index is 11.7. The second kappa shape index (κ2) is 7.11. The average molecular weight is 229 g/mol. The minimum atomic E-state index is -0.923. The predicted molar refractivity (Wildman–Crippen MR) is 59.2 cm³/mol. The number of hydrogen-bond donors (Lipinski definition) is 2. The Bertz CT molecular complexity index is 275. The van der Waals surface area contributed by atoms with Crippen molar-refractivity contribution < 1.29 is 19.5 Å². The van der Waals surface area contributed by atoms with E-state index in [4.69, 9.17) is 5.11 Å². The summed E-state index contributed by atoms with van der Waals surface area (Å²) in [7, 11) is 1.61. The highest BCUT2D eigenvalue weighted by Crippen LogP contribution is 2.09. The quantitative estimate of drug-likeness (QED) is 0.637. The summed E-state index contributed by atoms with van der Waals surface area (Å²) in [5, 5.41) is 11.3.